The van der Waals surface area contributed by atoms with E-state index in [2.05, 4.69) is 21.2 Å². The number of halogens is 2. The molecule has 3 aliphatic heterocycles. The fourth-order valence-corrected chi connectivity index (χ4v) is 5.21. The quantitative estimate of drug-likeness (QED) is 0.497. The Bertz CT molecular complexity index is 1330. The number of nitrogens with zero attached hydrogens (tertiary/aromatic N) is 2. The molecule has 0 fully saturated rings. The summed E-state index contributed by atoms with van der Waals surface area (Å²) in [5.74, 6) is 1.11. The standard InChI is InChI=1S/C24H17BrClN3O3/c1-31-16-4-2-3-13(9-16)20-12-21-17-10-14(25)5-8-22(17)32-24(29(21)28-20)18-11-15(26)6-7-19(18)27-23(24)30/h2-11,21H,12H2,1H3,(H,27,30)/t21-,24+/m1/s1. The molecule has 0 saturated heterocycles. The molecule has 32 heavy (non-hydrogen) atoms. The van der Waals surface area contributed by atoms with Crippen molar-refractivity contribution in [1.82, 2.24) is 5.01 Å². The number of nitrogens with one attached hydrogen (secondary N) is 1. The van der Waals surface area contributed by atoms with Crippen molar-refractivity contribution in [3.8, 4) is 11.5 Å². The number of hydrogen-bond donors (Lipinski definition) is 1. The monoisotopic (exact) mass is 509 g/mol. The van der Waals surface area contributed by atoms with Crippen molar-refractivity contribution in [2.75, 3.05) is 12.4 Å². The summed E-state index contributed by atoms with van der Waals surface area (Å²) in [7, 11) is 1.64. The Labute approximate surface area is 197 Å². The topological polar surface area (TPSA) is 63.2 Å². The average molecular weight is 511 g/mol. The highest BCUT2D eigenvalue weighted by Gasteiger charge is 2.61. The van der Waals surface area contributed by atoms with E-state index >= 15 is 0 Å². The summed E-state index contributed by atoms with van der Waals surface area (Å²) in [6, 6.07) is 18.7. The van der Waals surface area contributed by atoms with Crippen molar-refractivity contribution in [1.29, 1.82) is 0 Å². The Balaban J connectivity index is 1.57. The van der Waals surface area contributed by atoms with Gasteiger partial charge in [-0.15, -0.1) is 0 Å². The molecular weight excluding hydrogens is 494 g/mol. The van der Waals surface area contributed by atoms with E-state index in [1.165, 1.54) is 0 Å². The molecule has 3 aromatic carbocycles. The van der Waals surface area contributed by atoms with Crippen molar-refractivity contribution in [3.05, 3.63) is 86.8 Å². The number of carbonyl (C=O) groups is 1. The summed E-state index contributed by atoms with van der Waals surface area (Å²) in [6.45, 7) is 0. The third-order valence-corrected chi connectivity index (χ3v) is 6.86. The zero-order valence-electron chi connectivity index (χ0n) is 16.9. The van der Waals surface area contributed by atoms with Crippen molar-refractivity contribution < 1.29 is 14.3 Å². The summed E-state index contributed by atoms with van der Waals surface area (Å²) >= 11 is 9.89. The SMILES string of the molecule is COc1cccc(C2=NN3[C@H](C2)c2cc(Br)ccc2O[C@@]32C(=O)Nc3ccc(Cl)cc32)c1. The van der Waals surface area contributed by atoms with Crippen molar-refractivity contribution in [3.63, 3.8) is 0 Å². The zero-order chi connectivity index (χ0) is 22.0. The van der Waals surface area contributed by atoms with Crippen molar-refractivity contribution in [2.45, 2.75) is 18.2 Å². The van der Waals surface area contributed by atoms with Gasteiger partial charge in [0.05, 0.1) is 30.1 Å². The first-order valence-electron chi connectivity index (χ1n) is 10.1. The lowest BCUT2D eigenvalue weighted by Crippen LogP contribution is -2.55. The third-order valence-electron chi connectivity index (χ3n) is 6.13. The van der Waals surface area contributed by atoms with Gasteiger partial charge in [-0.2, -0.15) is 5.10 Å². The van der Waals surface area contributed by atoms with Crippen LogP contribution in [0.2, 0.25) is 5.02 Å². The highest BCUT2D eigenvalue weighted by Crippen LogP contribution is 2.54. The molecule has 3 aromatic rings. The van der Waals surface area contributed by atoms with Gasteiger partial charge >= 0.3 is 5.72 Å². The number of hydrazone groups is 1. The smallest absolute Gasteiger partial charge is 0.306 e. The Morgan fingerprint density at radius 1 is 1.22 bits per heavy atom. The maximum absolute atomic E-state index is 13.5. The summed E-state index contributed by atoms with van der Waals surface area (Å²) in [4.78, 5) is 13.5. The lowest BCUT2D eigenvalue weighted by Gasteiger charge is -2.44. The first-order valence-corrected chi connectivity index (χ1v) is 11.3. The van der Waals surface area contributed by atoms with Gasteiger partial charge in [0, 0.05) is 27.0 Å². The number of fused-ring (bicyclic) bond motifs is 6. The summed E-state index contributed by atoms with van der Waals surface area (Å²) < 4.78 is 12.8. The van der Waals surface area contributed by atoms with E-state index in [0.717, 1.165) is 27.1 Å². The third kappa shape index (κ3) is 2.71. The molecule has 160 valence electrons. The molecule has 0 bridgehead atoms. The van der Waals surface area contributed by atoms with Gasteiger partial charge in [-0.3, -0.25) is 4.79 Å². The number of methoxy groups -OCH3 is 1. The molecule has 8 heteroatoms. The van der Waals surface area contributed by atoms with Crippen LogP contribution in [0.1, 0.15) is 29.2 Å². The molecular formula is C24H17BrClN3O3. The van der Waals surface area contributed by atoms with Gasteiger partial charge in [0.25, 0.3) is 5.91 Å². The van der Waals surface area contributed by atoms with Crippen LogP contribution in [-0.4, -0.2) is 23.7 Å². The number of hydrogen-bond acceptors (Lipinski definition) is 5. The second kappa shape index (κ2) is 6.98. The van der Waals surface area contributed by atoms with Crippen LogP contribution < -0.4 is 14.8 Å². The molecule has 6 rings (SSSR count). The van der Waals surface area contributed by atoms with Gasteiger partial charge in [0.1, 0.15) is 11.5 Å². The van der Waals surface area contributed by atoms with Crippen LogP contribution in [0, 0.1) is 0 Å². The lowest BCUT2D eigenvalue weighted by atomic mass is 9.92. The van der Waals surface area contributed by atoms with Gasteiger partial charge in [-0.05, 0) is 48.5 Å². The Kier molecular flexibility index (Phi) is 4.29. The van der Waals surface area contributed by atoms with Gasteiger partial charge in [-0.1, -0.05) is 39.7 Å². The maximum Gasteiger partial charge on any atom is 0.306 e. The number of amides is 1. The van der Waals surface area contributed by atoms with Gasteiger partial charge in [0.2, 0.25) is 0 Å². The first-order chi connectivity index (χ1) is 15.5. The van der Waals surface area contributed by atoms with E-state index in [4.69, 9.17) is 26.2 Å². The van der Waals surface area contributed by atoms with Gasteiger partial charge < -0.3 is 14.8 Å². The molecule has 3 aliphatic rings. The Morgan fingerprint density at radius 2 is 2.09 bits per heavy atom. The number of benzene rings is 3. The van der Waals surface area contributed by atoms with Crippen LogP contribution in [0.15, 0.2) is 70.2 Å². The lowest BCUT2D eigenvalue weighted by molar-refractivity contribution is -0.161. The van der Waals surface area contributed by atoms with E-state index in [0.29, 0.717) is 28.4 Å². The molecule has 3 heterocycles. The first kappa shape index (κ1) is 19.6. The molecule has 1 amide bonds. The minimum Gasteiger partial charge on any atom is -0.497 e. The predicted molar refractivity (Wildman–Crippen MR) is 125 cm³/mol. The molecule has 0 radical (unpaired) electrons. The van der Waals surface area contributed by atoms with Crippen LogP contribution in [0.25, 0.3) is 0 Å². The summed E-state index contributed by atoms with van der Waals surface area (Å²) in [6.07, 6.45) is 0.616. The summed E-state index contributed by atoms with van der Waals surface area (Å²) in [5, 5.41) is 10.2. The largest absolute Gasteiger partial charge is 0.497 e. The van der Waals surface area contributed by atoms with Gasteiger partial charge in [0.15, 0.2) is 0 Å². The number of ether oxygens (including phenoxy) is 2. The minimum absolute atomic E-state index is 0.187. The number of anilines is 1. The van der Waals surface area contributed by atoms with E-state index in [1.54, 1.807) is 30.3 Å². The molecule has 1 spiro atoms. The van der Waals surface area contributed by atoms with E-state index in [1.807, 2.05) is 42.5 Å². The van der Waals surface area contributed by atoms with E-state index < -0.39 is 5.72 Å². The highest BCUT2D eigenvalue weighted by atomic mass is 79.9. The molecule has 0 aliphatic carbocycles. The zero-order valence-corrected chi connectivity index (χ0v) is 19.3. The molecule has 2 atom stereocenters. The normalized spacial score (nSPS) is 22.6. The molecule has 0 saturated carbocycles. The molecule has 0 aromatic heterocycles. The van der Waals surface area contributed by atoms with Crippen molar-refractivity contribution in [2.24, 2.45) is 5.10 Å². The molecule has 6 nitrogen and oxygen atoms in total. The average Bonchev–Trinajstić information content (AvgIpc) is 3.36. The van der Waals surface area contributed by atoms with E-state index in [-0.39, 0.29) is 11.9 Å². The number of rotatable bonds is 2. The van der Waals surface area contributed by atoms with Crippen molar-refractivity contribution >= 4 is 44.8 Å². The second-order valence-electron chi connectivity index (χ2n) is 7.92. The van der Waals surface area contributed by atoms with E-state index in [9.17, 15) is 4.79 Å². The van der Waals surface area contributed by atoms with Crippen LogP contribution in [0.4, 0.5) is 5.69 Å². The fourth-order valence-electron chi connectivity index (χ4n) is 4.66. The number of carbonyl (C=O) groups excluding carboxylic acids is 1. The Hall–Kier alpha value is -3.03. The maximum atomic E-state index is 13.5. The van der Waals surface area contributed by atoms with Crippen LogP contribution in [-0.2, 0) is 10.5 Å². The van der Waals surface area contributed by atoms with Crippen LogP contribution in [0.3, 0.4) is 0 Å². The highest BCUT2D eigenvalue weighted by molar-refractivity contribution is 9.10. The fraction of sp³-hybridized carbons (Fsp3) is 0.167. The molecule has 0 unspecified atom stereocenters. The Morgan fingerprint density at radius 3 is 2.94 bits per heavy atom. The predicted octanol–water partition coefficient (Wildman–Crippen LogP) is 5.46. The van der Waals surface area contributed by atoms with Crippen LogP contribution >= 0.6 is 27.5 Å². The van der Waals surface area contributed by atoms with Gasteiger partial charge in [-0.25, -0.2) is 5.01 Å². The minimum atomic E-state index is -1.44. The van der Waals surface area contributed by atoms with Crippen LogP contribution in [0.5, 0.6) is 11.5 Å². The second-order valence-corrected chi connectivity index (χ2v) is 9.27. The summed E-state index contributed by atoms with van der Waals surface area (Å²) in [5.41, 5.74) is 2.65. The molecule has 1 N–H and O–H groups in total.